The number of carbonyl (C=O) groups is 1. The second-order valence-electron chi connectivity index (χ2n) is 4.84. The van der Waals surface area contributed by atoms with Crippen LogP contribution in [0.1, 0.15) is 30.9 Å². The number of benzene rings is 1. The summed E-state index contributed by atoms with van der Waals surface area (Å²) in [6.07, 6.45) is 2.67. The Morgan fingerprint density at radius 3 is 2.61 bits per heavy atom. The third kappa shape index (κ3) is 3.10. The van der Waals surface area contributed by atoms with Gasteiger partial charge in [-0.3, -0.25) is 0 Å². The molecule has 1 aromatic rings. The highest BCUT2D eigenvalue weighted by molar-refractivity contribution is 5.82. The molecule has 98 valence electrons. The molecular formula is C15H20O3. The lowest BCUT2D eigenvalue weighted by Crippen LogP contribution is -2.27. The van der Waals surface area contributed by atoms with E-state index in [0.29, 0.717) is 13.2 Å². The van der Waals surface area contributed by atoms with Crippen molar-refractivity contribution in [2.24, 2.45) is 0 Å². The van der Waals surface area contributed by atoms with E-state index in [1.54, 1.807) is 0 Å². The molecule has 0 bridgehead atoms. The third-order valence-electron chi connectivity index (χ3n) is 3.31. The van der Waals surface area contributed by atoms with E-state index in [1.807, 2.05) is 6.92 Å². The van der Waals surface area contributed by atoms with E-state index in [4.69, 9.17) is 9.47 Å². The highest BCUT2D eigenvalue weighted by Gasteiger charge is 2.52. The van der Waals surface area contributed by atoms with Gasteiger partial charge in [0.15, 0.2) is 5.60 Å². The van der Waals surface area contributed by atoms with E-state index < -0.39 is 5.60 Å². The molecule has 0 amide bonds. The zero-order valence-electron chi connectivity index (χ0n) is 11.1. The molecule has 0 spiro atoms. The van der Waals surface area contributed by atoms with E-state index in [2.05, 4.69) is 31.2 Å². The van der Waals surface area contributed by atoms with Crippen LogP contribution >= 0.6 is 0 Å². The topological polar surface area (TPSA) is 38.8 Å². The fourth-order valence-corrected chi connectivity index (χ4v) is 2.05. The Bertz CT molecular complexity index is 404. The van der Waals surface area contributed by atoms with Gasteiger partial charge >= 0.3 is 5.97 Å². The predicted molar refractivity (Wildman–Crippen MR) is 69.4 cm³/mol. The van der Waals surface area contributed by atoms with Crippen LogP contribution in [0.4, 0.5) is 0 Å². The molecule has 1 unspecified atom stereocenters. The van der Waals surface area contributed by atoms with Gasteiger partial charge in [0, 0.05) is 0 Å². The van der Waals surface area contributed by atoms with Gasteiger partial charge < -0.3 is 9.47 Å². The van der Waals surface area contributed by atoms with E-state index in [-0.39, 0.29) is 5.97 Å². The van der Waals surface area contributed by atoms with Crippen LogP contribution in [0, 0.1) is 6.92 Å². The SMILES string of the molecule is CCOC(=O)C1(CCCc2ccc(C)cc2)CO1. The van der Waals surface area contributed by atoms with Crippen molar-refractivity contribution in [1.82, 2.24) is 0 Å². The summed E-state index contributed by atoms with van der Waals surface area (Å²) < 4.78 is 10.3. The Kier molecular flexibility index (Phi) is 4.02. The van der Waals surface area contributed by atoms with Crippen LogP contribution in [0.5, 0.6) is 0 Å². The normalized spacial score (nSPS) is 21.7. The Labute approximate surface area is 108 Å². The molecule has 0 aromatic heterocycles. The molecule has 1 fully saturated rings. The Morgan fingerprint density at radius 2 is 2.06 bits per heavy atom. The van der Waals surface area contributed by atoms with Gasteiger partial charge in [-0.25, -0.2) is 4.79 Å². The molecule has 1 atom stereocenters. The van der Waals surface area contributed by atoms with Crippen molar-refractivity contribution >= 4 is 5.97 Å². The highest BCUT2D eigenvalue weighted by Crippen LogP contribution is 2.34. The van der Waals surface area contributed by atoms with Crippen LogP contribution in [0.15, 0.2) is 24.3 Å². The van der Waals surface area contributed by atoms with Crippen molar-refractivity contribution in [3.63, 3.8) is 0 Å². The Morgan fingerprint density at radius 1 is 1.39 bits per heavy atom. The van der Waals surface area contributed by atoms with E-state index in [9.17, 15) is 4.79 Å². The van der Waals surface area contributed by atoms with Crippen molar-refractivity contribution in [3.8, 4) is 0 Å². The average Bonchev–Trinajstić information content (AvgIpc) is 3.13. The first-order chi connectivity index (χ1) is 8.66. The van der Waals surface area contributed by atoms with Crippen LogP contribution in [0.3, 0.4) is 0 Å². The summed E-state index contributed by atoms with van der Waals surface area (Å²) in [4.78, 5) is 11.7. The van der Waals surface area contributed by atoms with Crippen molar-refractivity contribution in [2.75, 3.05) is 13.2 Å². The number of esters is 1. The standard InChI is InChI=1S/C15H20O3/c1-3-17-14(16)15(11-18-15)10-4-5-13-8-6-12(2)7-9-13/h6-9H,3-5,10-11H2,1-2H3. The number of epoxide rings is 1. The highest BCUT2D eigenvalue weighted by atomic mass is 16.6. The van der Waals surface area contributed by atoms with Crippen LogP contribution in [0.2, 0.25) is 0 Å². The summed E-state index contributed by atoms with van der Waals surface area (Å²) in [7, 11) is 0. The molecule has 0 N–H and O–H groups in total. The molecule has 3 heteroatoms. The van der Waals surface area contributed by atoms with Gasteiger partial charge in [-0.15, -0.1) is 0 Å². The maximum absolute atomic E-state index is 11.7. The summed E-state index contributed by atoms with van der Waals surface area (Å²) >= 11 is 0. The van der Waals surface area contributed by atoms with Crippen molar-refractivity contribution in [2.45, 2.75) is 38.7 Å². The van der Waals surface area contributed by atoms with E-state index >= 15 is 0 Å². The van der Waals surface area contributed by atoms with E-state index in [1.165, 1.54) is 11.1 Å². The van der Waals surface area contributed by atoms with Gasteiger partial charge in [0.05, 0.1) is 13.2 Å². The summed E-state index contributed by atoms with van der Waals surface area (Å²) in [5, 5.41) is 0. The predicted octanol–water partition coefficient (Wildman–Crippen LogP) is 2.65. The number of carbonyl (C=O) groups excluding carboxylic acids is 1. The lowest BCUT2D eigenvalue weighted by Gasteiger charge is -2.10. The summed E-state index contributed by atoms with van der Waals surface area (Å²) in [5.41, 5.74) is 1.95. The molecule has 18 heavy (non-hydrogen) atoms. The Balaban J connectivity index is 1.78. The molecule has 1 aliphatic heterocycles. The minimum absolute atomic E-state index is 0.200. The van der Waals surface area contributed by atoms with Crippen LogP contribution < -0.4 is 0 Å². The lowest BCUT2D eigenvalue weighted by molar-refractivity contribution is -0.149. The molecule has 1 saturated heterocycles. The van der Waals surface area contributed by atoms with E-state index in [0.717, 1.165) is 19.3 Å². The van der Waals surface area contributed by atoms with Crippen molar-refractivity contribution < 1.29 is 14.3 Å². The van der Waals surface area contributed by atoms with Crippen molar-refractivity contribution in [1.29, 1.82) is 0 Å². The Hall–Kier alpha value is -1.35. The number of hydrogen-bond acceptors (Lipinski definition) is 3. The second-order valence-corrected chi connectivity index (χ2v) is 4.84. The molecule has 1 aliphatic rings. The van der Waals surface area contributed by atoms with Gasteiger partial charge in [0.25, 0.3) is 0 Å². The molecule has 0 aliphatic carbocycles. The smallest absolute Gasteiger partial charge is 0.340 e. The quantitative estimate of drug-likeness (QED) is 0.574. The van der Waals surface area contributed by atoms with Gasteiger partial charge in [0.2, 0.25) is 0 Å². The minimum Gasteiger partial charge on any atom is -0.464 e. The summed E-state index contributed by atoms with van der Waals surface area (Å²) in [5.74, 6) is -0.200. The van der Waals surface area contributed by atoms with Crippen LogP contribution in [-0.4, -0.2) is 24.8 Å². The average molecular weight is 248 g/mol. The molecule has 2 rings (SSSR count). The van der Waals surface area contributed by atoms with Gasteiger partial charge in [0.1, 0.15) is 0 Å². The summed E-state index contributed by atoms with van der Waals surface area (Å²) in [6, 6.07) is 8.51. The number of ether oxygens (including phenoxy) is 2. The van der Waals surface area contributed by atoms with Gasteiger partial charge in [-0.2, -0.15) is 0 Å². The lowest BCUT2D eigenvalue weighted by atomic mass is 10.00. The number of hydrogen-bond donors (Lipinski definition) is 0. The second kappa shape index (κ2) is 5.53. The summed E-state index contributed by atoms with van der Waals surface area (Å²) in [6.45, 7) is 4.83. The maximum Gasteiger partial charge on any atom is 0.340 e. The monoisotopic (exact) mass is 248 g/mol. The fraction of sp³-hybridized carbons (Fsp3) is 0.533. The molecule has 0 radical (unpaired) electrons. The van der Waals surface area contributed by atoms with Gasteiger partial charge in [-0.05, 0) is 38.7 Å². The largest absolute Gasteiger partial charge is 0.464 e. The number of rotatable bonds is 6. The first-order valence-corrected chi connectivity index (χ1v) is 6.53. The third-order valence-corrected chi connectivity index (χ3v) is 3.31. The van der Waals surface area contributed by atoms with Crippen LogP contribution in [-0.2, 0) is 20.7 Å². The fourth-order valence-electron chi connectivity index (χ4n) is 2.05. The zero-order chi connectivity index (χ0) is 13.0. The first kappa shape index (κ1) is 13.1. The molecule has 1 heterocycles. The zero-order valence-corrected chi connectivity index (χ0v) is 11.1. The molecule has 3 nitrogen and oxygen atoms in total. The van der Waals surface area contributed by atoms with Gasteiger partial charge in [-0.1, -0.05) is 29.8 Å². The molecular weight excluding hydrogens is 228 g/mol. The molecule has 0 saturated carbocycles. The maximum atomic E-state index is 11.7. The first-order valence-electron chi connectivity index (χ1n) is 6.53. The molecule has 1 aromatic carbocycles. The van der Waals surface area contributed by atoms with Crippen molar-refractivity contribution in [3.05, 3.63) is 35.4 Å². The number of aryl methyl sites for hydroxylation is 2. The minimum atomic E-state index is -0.624. The van der Waals surface area contributed by atoms with Crippen LogP contribution in [0.25, 0.3) is 0 Å².